The number of hydrogen-bond acceptors (Lipinski definition) is 4. The summed E-state index contributed by atoms with van der Waals surface area (Å²) >= 11 is 6.03. The van der Waals surface area contributed by atoms with Crippen molar-refractivity contribution in [2.24, 2.45) is 0 Å². The van der Waals surface area contributed by atoms with Crippen LogP contribution >= 0.6 is 11.6 Å². The first kappa shape index (κ1) is 31.8. The Balaban J connectivity index is 1.77. The fourth-order valence-electron chi connectivity index (χ4n) is 4.63. The minimum absolute atomic E-state index is 0.00138. The van der Waals surface area contributed by atoms with Crippen molar-refractivity contribution in [2.75, 3.05) is 10.8 Å². The Hall–Kier alpha value is -4.14. The van der Waals surface area contributed by atoms with E-state index in [4.69, 9.17) is 11.6 Å². The molecule has 0 saturated heterocycles. The lowest BCUT2D eigenvalue weighted by Gasteiger charge is -2.34. The van der Waals surface area contributed by atoms with Crippen molar-refractivity contribution in [3.05, 3.63) is 131 Å². The highest BCUT2D eigenvalue weighted by atomic mass is 35.5. The van der Waals surface area contributed by atoms with Crippen LogP contribution in [0, 0.1) is 0 Å². The number of nitrogens with zero attached hydrogens (tertiary/aromatic N) is 2. The minimum atomic E-state index is -4.17. The average molecular weight is 618 g/mol. The lowest BCUT2D eigenvalue weighted by atomic mass is 10.0. The van der Waals surface area contributed by atoms with Gasteiger partial charge < -0.3 is 10.2 Å². The zero-order chi connectivity index (χ0) is 30.8. The molecule has 0 aromatic heterocycles. The number of rotatable bonds is 13. The molecule has 0 aliphatic heterocycles. The molecule has 0 unspecified atom stereocenters. The van der Waals surface area contributed by atoms with Crippen molar-refractivity contribution in [3.63, 3.8) is 0 Å². The smallest absolute Gasteiger partial charge is 0.264 e. The van der Waals surface area contributed by atoms with Crippen LogP contribution in [-0.4, -0.2) is 43.8 Å². The molecule has 1 N–H and O–H groups in total. The molecule has 224 valence electrons. The maximum atomic E-state index is 14.4. The molecule has 0 bridgehead atoms. The minimum Gasteiger partial charge on any atom is -0.352 e. The maximum absolute atomic E-state index is 14.4. The van der Waals surface area contributed by atoms with Gasteiger partial charge in [-0.2, -0.15) is 0 Å². The molecule has 7 nitrogen and oxygen atoms in total. The Bertz CT molecular complexity index is 1590. The fourth-order valence-corrected chi connectivity index (χ4v) is 6.17. The first-order valence-corrected chi connectivity index (χ1v) is 16.0. The van der Waals surface area contributed by atoms with Gasteiger partial charge in [-0.25, -0.2) is 8.42 Å². The van der Waals surface area contributed by atoms with Crippen molar-refractivity contribution < 1.29 is 18.0 Å². The summed E-state index contributed by atoms with van der Waals surface area (Å²) in [7, 11) is -4.17. The van der Waals surface area contributed by atoms with E-state index in [0.29, 0.717) is 10.7 Å². The molecule has 0 aliphatic carbocycles. The predicted molar refractivity (Wildman–Crippen MR) is 171 cm³/mol. The highest BCUT2D eigenvalue weighted by molar-refractivity contribution is 7.92. The van der Waals surface area contributed by atoms with Gasteiger partial charge >= 0.3 is 0 Å². The zero-order valence-corrected chi connectivity index (χ0v) is 25.8. The number of hydrogen-bond donors (Lipinski definition) is 1. The molecule has 43 heavy (non-hydrogen) atoms. The molecular weight excluding hydrogens is 582 g/mol. The summed E-state index contributed by atoms with van der Waals surface area (Å²) in [6.45, 7) is 3.50. The van der Waals surface area contributed by atoms with Crippen molar-refractivity contribution >= 4 is 39.1 Å². The summed E-state index contributed by atoms with van der Waals surface area (Å²) in [5.74, 6) is -0.806. The molecule has 0 heterocycles. The number of amides is 2. The number of carbonyl (C=O) groups excluding carboxylic acids is 2. The maximum Gasteiger partial charge on any atom is 0.264 e. The highest BCUT2D eigenvalue weighted by Gasteiger charge is 2.34. The fraction of sp³-hybridized carbons (Fsp3) is 0.235. The highest BCUT2D eigenvalue weighted by Crippen LogP contribution is 2.26. The van der Waals surface area contributed by atoms with Gasteiger partial charge in [0.1, 0.15) is 12.6 Å². The van der Waals surface area contributed by atoms with Crippen LogP contribution < -0.4 is 9.62 Å². The predicted octanol–water partition coefficient (Wildman–Crippen LogP) is 6.09. The summed E-state index contributed by atoms with van der Waals surface area (Å²) in [6, 6.07) is 32.2. The number of carbonyl (C=O) groups is 2. The van der Waals surface area contributed by atoms with E-state index in [9.17, 15) is 18.0 Å². The van der Waals surface area contributed by atoms with E-state index in [0.717, 1.165) is 21.9 Å². The van der Waals surface area contributed by atoms with Crippen LogP contribution in [0.15, 0.2) is 120 Å². The third-order valence-electron chi connectivity index (χ3n) is 7.19. The van der Waals surface area contributed by atoms with Gasteiger partial charge in [-0.05, 0) is 60.9 Å². The van der Waals surface area contributed by atoms with E-state index in [1.54, 1.807) is 30.3 Å². The van der Waals surface area contributed by atoms with Crippen LogP contribution in [-0.2, 0) is 32.6 Å². The SMILES string of the molecule is CC[C@@H](C)NC(=O)[C@@H](Cc1ccccc1)N(Cc1ccccc1)C(=O)CN(c1ccccc1)S(=O)(=O)c1ccc(Cl)cc1. The van der Waals surface area contributed by atoms with Gasteiger partial charge in [-0.1, -0.05) is 97.4 Å². The third-order valence-corrected chi connectivity index (χ3v) is 9.23. The molecule has 0 saturated carbocycles. The summed E-state index contributed by atoms with van der Waals surface area (Å²) in [6.07, 6.45) is 0.981. The number of nitrogens with one attached hydrogen (secondary N) is 1. The van der Waals surface area contributed by atoms with Crippen molar-refractivity contribution in [1.29, 1.82) is 0 Å². The number of para-hydroxylation sites is 1. The van der Waals surface area contributed by atoms with Gasteiger partial charge in [0, 0.05) is 24.0 Å². The van der Waals surface area contributed by atoms with Crippen molar-refractivity contribution in [2.45, 2.75) is 50.2 Å². The van der Waals surface area contributed by atoms with E-state index >= 15 is 0 Å². The second-order valence-corrected chi connectivity index (χ2v) is 12.6. The van der Waals surface area contributed by atoms with Gasteiger partial charge in [0.2, 0.25) is 11.8 Å². The number of halogens is 1. The Morgan fingerprint density at radius 1 is 0.791 bits per heavy atom. The van der Waals surface area contributed by atoms with Crippen LogP contribution in [0.25, 0.3) is 0 Å². The second-order valence-electron chi connectivity index (χ2n) is 10.3. The quantitative estimate of drug-likeness (QED) is 0.197. The Kier molecular flexibility index (Phi) is 11.0. The lowest BCUT2D eigenvalue weighted by molar-refractivity contribution is -0.140. The van der Waals surface area contributed by atoms with Crippen LogP contribution in [0.2, 0.25) is 5.02 Å². The van der Waals surface area contributed by atoms with Crippen molar-refractivity contribution in [3.8, 4) is 0 Å². The van der Waals surface area contributed by atoms with Crippen LogP contribution in [0.4, 0.5) is 5.69 Å². The standard InChI is InChI=1S/C34H36ClN3O4S/c1-3-26(2)36-34(40)32(23-27-13-7-4-8-14-27)37(24-28-15-9-5-10-16-28)33(39)25-38(30-17-11-6-12-18-30)43(41,42)31-21-19-29(35)20-22-31/h4-22,26,32H,3,23-25H2,1-2H3,(H,36,40)/t26-,32-/m1/s1. The topological polar surface area (TPSA) is 86.8 Å². The second kappa shape index (κ2) is 14.8. The lowest BCUT2D eigenvalue weighted by Crippen LogP contribution is -2.54. The summed E-state index contributed by atoms with van der Waals surface area (Å²) in [5, 5.41) is 3.44. The number of benzene rings is 4. The summed E-state index contributed by atoms with van der Waals surface area (Å²) in [5.41, 5.74) is 2.03. The van der Waals surface area contributed by atoms with E-state index in [1.807, 2.05) is 74.5 Å². The Labute approximate surface area is 259 Å². The zero-order valence-electron chi connectivity index (χ0n) is 24.3. The average Bonchev–Trinajstić information content (AvgIpc) is 3.02. The Morgan fingerprint density at radius 3 is 1.88 bits per heavy atom. The molecular formula is C34H36ClN3O4S. The van der Waals surface area contributed by atoms with Gasteiger partial charge in [0.25, 0.3) is 10.0 Å². The van der Waals surface area contributed by atoms with Gasteiger partial charge in [0.15, 0.2) is 0 Å². The van der Waals surface area contributed by atoms with E-state index < -0.39 is 28.5 Å². The summed E-state index contributed by atoms with van der Waals surface area (Å²) < 4.78 is 29.0. The third kappa shape index (κ3) is 8.46. The summed E-state index contributed by atoms with van der Waals surface area (Å²) in [4.78, 5) is 29.7. The molecule has 4 aromatic carbocycles. The molecule has 0 spiro atoms. The van der Waals surface area contributed by atoms with Crippen molar-refractivity contribution in [1.82, 2.24) is 10.2 Å². The molecule has 0 aliphatic rings. The molecule has 2 atom stereocenters. The van der Waals surface area contributed by atoms with Gasteiger partial charge in [-0.15, -0.1) is 0 Å². The van der Waals surface area contributed by atoms with Crippen LogP contribution in [0.5, 0.6) is 0 Å². The monoisotopic (exact) mass is 617 g/mol. The normalized spacial score (nSPS) is 12.6. The first-order chi connectivity index (χ1) is 20.7. The molecule has 4 aromatic rings. The molecule has 9 heteroatoms. The number of sulfonamides is 1. The number of anilines is 1. The van der Waals surface area contributed by atoms with E-state index in [-0.39, 0.29) is 29.8 Å². The molecule has 0 radical (unpaired) electrons. The van der Waals surface area contributed by atoms with Crippen LogP contribution in [0.3, 0.4) is 0 Å². The largest absolute Gasteiger partial charge is 0.352 e. The van der Waals surface area contributed by atoms with Gasteiger partial charge in [-0.3, -0.25) is 13.9 Å². The first-order valence-electron chi connectivity index (χ1n) is 14.2. The molecule has 0 fully saturated rings. The molecule has 2 amide bonds. The van der Waals surface area contributed by atoms with Crippen LogP contribution in [0.1, 0.15) is 31.4 Å². The van der Waals surface area contributed by atoms with E-state index in [1.165, 1.54) is 29.2 Å². The van der Waals surface area contributed by atoms with E-state index in [2.05, 4.69) is 5.32 Å². The van der Waals surface area contributed by atoms with Gasteiger partial charge in [0.05, 0.1) is 10.6 Å². The Morgan fingerprint density at radius 2 is 1.33 bits per heavy atom. The molecule has 4 rings (SSSR count).